The summed E-state index contributed by atoms with van der Waals surface area (Å²) in [6, 6.07) is 0. The van der Waals surface area contributed by atoms with Gasteiger partial charge in [0, 0.05) is 0 Å². The van der Waals surface area contributed by atoms with Crippen molar-refractivity contribution in [2.75, 3.05) is 0 Å². The third-order valence-electron chi connectivity index (χ3n) is 2.71. The van der Waals surface area contributed by atoms with Crippen molar-refractivity contribution >= 4 is 0 Å². The Morgan fingerprint density at radius 2 is 1.82 bits per heavy atom. The first-order chi connectivity index (χ1) is 4.90. The summed E-state index contributed by atoms with van der Waals surface area (Å²) in [5.74, 6) is 3.02. The van der Waals surface area contributed by atoms with Crippen LogP contribution in [0, 0.1) is 23.2 Å². The molecule has 0 aromatic rings. The van der Waals surface area contributed by atoms with E-state index in [1.807, 2.05) is 0 Å². The van der Waals surface area contributed by atoms with Gasteiger partial charge < -0.3 is 0 Å². The van der Waals surface area contributed by atoms with Gasteiger partial charge in [-0.2, -0.15) is 0 Å². The fraction of sp³-hybridized carbons (Fsp3) is 1.00. The molecule has 0 saturated heterocycles. The molecule has 0 unspecified atom stereocenters. The fourth-order valence-corrected chi connectivity index (χ4v) is 2.11. The molecule has 2 atom stereocenters. The van der Waals surface area contributed by atoms with E-state index in [9.17, 15) is 0 Å². The molecule has 1 aliphatic carbocycles. The second-order valence-electron chi connectivity index (χ2n) is 5.67. The molecule has 1 aliphatic rings. The Morgan fingerprint density at radius 1 is 1.27 bits per heavy atom. The summed E-state index contributed by atoms with van der Waals surface area (Å²) in [6.45, 7) is 11.8. The molecule has 0 bridgehead atoms. The Kier molecular flexibility index (Phi) is 2.32. The maximum Gasteiger partial charge on any atom is -0.0360 e. The van der Waals surface area contributed by atoms with E-state index < -0.39 is 0 Å². The molecule has 0 aliphatic heterocycles. The summed E-state index contributed by atoms with van der Waals surface area (Å²) in [7, 11) is 0. The molecular formula is C11H22. The first-order valence-corrected chi connectivity index (χ1v) is 4.90. The summed E-state index contributed by atoms with van der Waals surface area (Å²) in [4.78, 5) is 0. The molecule has 1 rings (SSSR count). The Hall–Kier alpha value is 0. The van der Waals surface area contributed by atoms with Gasteiger partial charge in [-0.15, -0.1) is 0 Å². The molecule has 66 valence electrons. The van der Waals surface area contributed by atoms with Crippen LogP contribution in [-0.4, -0.2) is 0 Å². The SMILES string of the molecule is CC(C)[C@H]1C[C@H]1CC(C)(C)C. The van der Waals surface area contributed by atoms with Crippen LogP contribution in [0.4, 0.5) is 0 Å². The minimum absolute atomic E-state index is 0.550. The van der Waals surface area contributed by atoms with Crippen LogP contribution >= 0.6 is 0 Å². The average molecular weight is 154 g/mol. The lowest BCUT2D eigenvalue weighted by molar-refractivity contribution is 0.333. The lowest BCUT2D eigenvalue weighted by Gasteiger charge is -2.18. The molecule has 0 aromatic heterocycles. The van der Waals surface area contributed by atoms with Crippen molar-refractivity contribution in [1.82, 2.24) is 0 Å². The molecule has 0 nitrogen and oxygen atoms in total. The van der Waals surface area contributed by atoms with Gasteiger partial charge in [0.15, 0.2) is 0 Å². The average Bonchev–Trinajstić information content (AvgIpc) is 2.40. The van der Waals surface area contributed by atoms with Gasteiger partial charge >= 0.3 is 0 Å². The van der Waals surface area contributed by atoms with Crippen LogP contribution in [0.25, 0.3) is 0 Å². The highest BCUT2D eigenvalue weighted by atomic mass is 14.5. The van der Waals surface area contributed by atoms with Crippen LogP contribution < -0.4 is 0 Å². The summed E-state index contributed by atoms with van der Waals surface area (Å²) >= 11 is 0. The van der Waals surface area contributed by atoms with Crippen molar-refractivity contribution in [3.05, 3.63) is 0 Å². The normalized spacial score (nSPS) is 31.1. The van der Waals surface area contributed by atoms with Gasteiger partial charge in [-0.3, -0.25) is 0 Å². The third-order valence-corrected chi connectivity index (χ3v) is 2.71. The van der Waals surface area contributed by atoms with Gasteiger partial charge in [0.25, 0.3) is 0 Å². The van der Waals surface area contributed by atoms with Gasteiger partial charge in [0.1, 0.15) is 0 Å². The Balaban J connectivity index is 2.24. The molecule has 1 saturated carbocycles. The molecule has 0 spiro atoms. The Morgan fingerprint density at radius 3 is 2.09 bits per heavy atom. The van der Waals surface area contributed by atoms with Crippen LogP contribution in [0.15, 0.2) is 0 Å². The van der Waals surface area contributed by atoms with Crippen molar-refractivity contribution in [3.8, 4) is 0 Å². The van der Waals surface area contributed by atoms with E-state index in [2.05, 4.69) is 34.6 Å². The highest BCUT2D eigenvalue weighted by molar-refractivity contribution is 4.90. The second kappa shape index (κ2) is 2.80. The second-order valence-corrected chi connectivity index (χ2v) is 5.67. The molecule has 0 radical (unpaired) electrons. The van der Waals surface area contributed by atoms with Gasteiger partial charge in [-0.25, -0.2) is 0 Å². The first-order valence-electron chi connectivity index (χ1n) is 4.90. The van der Waals surface area contributed by atoms with E-state index in [1.165, 1.54) is 12.8 Å². The van der Waals surface area contributed by atoms with Crippen molar-refractivity contribution in [2.45, 2.75) is 47.5 Å². The molecule has 0 N–H and O–H groups in total. The van der Waals surface area contributed by atoms with E-state index in [0.29, 0.717) is 5.41 Å². The van der Waals surface area contributed by atoms with Crippen molar-refractivity contribution < 1.29 is 0 Å². The topological polar surface area (TPSA) is 0 Å². The smallest absolute Gasteiger partial charge is 0.0360 e. The zero-order chi connectivity index (χ0) is 8.65. The van der Waals surface area contributed by atoms with Crippen LogP contribution in [-0.2, 0) is 0 Å². The maximum atomic E-state index is 2.35. The first kappa shape index (κ1) is 9.09. The largest absolute Gasteiger partial charge is 0.0625 e. The van der Waals surface area contributed by atoms with Crippen molar-refractivity contribution in [2.24, 2.45) is 23.2 Å². The van der Waals surface area contributed by atoms with Crippen molar-refractivity contribution in [1.29, 1.82) is 0 Å². The van der Waals surface area contributed by atoms with Gasteiger partial charge in [0.2, 0.25) is 0 Å². The predicted molar refractivity (Wildman–Crippen MR) is 50.5 cm³/mol. The third kappa shape index (κ3) is 2.84. The summed E-state index contributed by atoms with van der Waals surface area (Å²) in [5, 5.41) is 0. The van der Waals surface area contributed by atoms with E-state index in [0.717, 1.165) is 17.8 Å². The van der Waals surface area contributed by atoms with Gasteiger partial charge in [-0.05, 0) is 36.0 Å². The van der Waals surface area contributed by atoms with E-state index in [-0.39, 0.29) is 0 Å². The van der Waals surface area contributed by atoms with Crippen LogP contribution in [0.1, 0.15) is 47.5 Å². The van der Waals surface area contributed by atoms with E-state index >= 15 is 0 Å². The Bertz CT molecular complexity index is 127. The minimum Gasteiger partial charge on any atom is -0.0625 e. The summed E-state index contributed by atoms with van der Waals surface area (Å²) < 4.78 is 0. The fourth-order valence-electron chi connectivity index (χ4n) is 2.11. The molecule has 0 heterocycles. The highest BCUT2D eigenvalue weighted by Crippen LogP contribution is 2.49. The van der Waals surface area contributed by atoms with E-state index in [4.69, 9.17) is 0 Å². The summed E-state index contributed by atoms with van der Waals surface area (Å²) in [6.07, 6.45) is 2.92. The number of hydrogen-bond donors (Lipinski definition) is 0. The van der Waals surface area contributed by atoms with Crippen molar-refractivity contribution in [3.63, 3.8) is 0 Å². The Labute approximate surface area is 71.4 Å². The van der Waals surface area contributed by atoms with Gasteiger partial charge in [-0.1, -0.05) is 34.6 Å². The quantitative estimate of drug-likeness (QED) is 0.568. The lowest BCUT2D eigenvalue weighted by Crippen LogP contribution is -2.07. The number of rotatable bonds is 2. The minimum atomic E-state index is 0.550. The molecular weight excluding hydrogens is 132 g/mol. The molecule has 11 heavy (non-hydrogen) atoms. The summed E-state index contributed by atoms with van der Waals surface area (Å²) in [5.41, 5.74) is 0.550. The lowest BCUT2D eigenvalue weighted by atomic mass is 9.88. The molecule has 1 fully saturated rings. The van der Waals surface area contributed by atoms with Gasteiger partial charge in [0.05, 0.1) is 0 Å². The van der Waals surface area contributed by atoms with Crippen LogP contribution in [0.3, 0.4) is 0 Å². The molecule has 0 amide bonds. The maximum absolute atomic E-state index is 2.35. The van der Waals surface area contributed by atoms with E-state index in [1.54, 1.807) is 0 Å². The zero-order valence-corrected chi connectivity index (χ0v) is 8.65. The number of hydrogen-bond acceptors (Lipinski definition) is 0. The van der Waals surface area contributed by atoms with Crippen LogP contribution in [0.5, 0.6) is 0 Å². The standard InChI is InChI=1S/C11H22/c1-8(2)10-6-9(10)7-11(3,4)5/h8-10H,6-7H2,1-5H3/t9-,10+/m0/s1. The highest BCUT2D eigenvalue weighted by Gasteiger charge is 2.40. The zero-order valence-electron chi connectivity index (χ0n) is 8.65. The monoisotopic (exact) mass is 154 g/mol. The predicted octanol–water partition coefficient (Wildman–Crippen LogP) is 3.71. The molecule has 0 heteroatoms. The van der Waals surface area contributed by atoms with Crippen LogP contribution in [0.2, 0.25) is 0 Å². The molecule has 0 aromatic carbocycles.